The lowest BCUT2D eigenvalue weighted by molar-refractivity contribution is -0.141. The van der Waals surface area contributed by atoms with Crippen molar-refractivity contribution in [2.24, 2.45) is 7.05 Å². The highest BCUT2D eigenvalue weighted by molar-refractivity contribution is 5.93. The fourth-order valence-corrected chi connectivity index (χ4v) is 4.98. The van der Waals surface area contributed by atoms with Crippen molar-refractivity contribution in [2.45, 2.75) is 46.1 Å². The topological polar surface area (TPSA) is 140 Å². The Balaban J connectivity index is 1.60. The van der Waals surface area contributed by atoms with Gasteiger partial charge in [0.05, 0.1) is 33.6 Å². The molecule has 0 spiro atoms. The zero-order valence-corrected chi connectivity index (χ0v) is 25.6. The number of ether oxygens (including phenoxy) is 2. The maximum absolute atomic E-state index is 14.0. The molecule has 0 fully saturated rings. The highest BCUT2D eigenvalue weighted by Crippen LogP contribution is 2.32. The van der Waals surface area contributed by atoms with Gasteiger partial charge in [-0.25, -0.2) is 14.8 Å². The fourth-order valence-electron chi connectivity index (χ4n) is 4.98. The number of aryl methyl sites for hydroxylation is 3. The molecule has 242 valence electrons. The first-order valence-electron chi connectivity index (χ1n) is 14.0. The zero-order valence-electron chi connectivity index (χ0n) is 25.6. The van der Waals surface area contributed by atoms with Gasteiger partial charge in [-0.05, 0) is 48.7 Å². The number of pyridine rings is 1. The van der Waals surface area contributed by atoms with Crippen LogP contribution >= 0.6 is 0 Å². The van der Waals surface area contributed by atoms with E-state index in [2.05, 4.69) is 15.1 Å². The number of amides is 1. The van der Waals surface area contributed by atoms with Crippen molar-refractivity contribution in [1.82, 2.24) is 28.8 Å². The molecule has 4 heterocycles. The Labute approximate surface area is 259 Å². The molecule has 0 bridgehead atoms. The van der Waals surface area contributed by atoms with E-state index in [0.29, 0.717) is 34.1 Å². The lowest BCUT2D eigenvalue weighted by Gasteiger charge is -2.24. The molecular weight excluding hydrogens is 611 g/mol. The van der Waals surface area contributed by atoms with Gasteiger partial charge in [0, 0.05) is 13.1 Å². The zero-order chi connectivity index (χ0) is 33.3. The molecular formula is C30H30F3N7O6. The van der Waals surface area contributed by atoms with Gasteiger partial charge >= 0.3 is 11.9 Å². The number of carbonyl (C=O) groups is 1. The van der Waals surface area contributed by atoms with E-state index in [0.717, 1.165) is 20.1 Å². The van der Waals surface area contributed by atoms with Crippen molar-refractivity contribution < 1.29 is 32.0 Å². The predicted molar refractivity (Wildman–Crippen MR) is 159 cm³/mol. The highest BCUT2D eigenvalue weighted by Gasteiger charge is 2.34. The van der Waals surface area contributed by atoms with Gasteiger partial charge in [0.25, 0.3) is 5.56 Å². The van der Waals surface area contributed by atoms with Crippen LogP contribution in [0.25, 0.3) is 11.2 Å². The first kappa shape index (κ1) is 32.0. The van der Waals surface area contributed by atoms with Gasteiger partial charge in [-0.15, -0.1) is 0 Å². The average Bonchev–Trinajstić information content (AvgIpc) is 3.65. The molecule has 46 heavy (non-hydrogen) atoms. The van der Waals surface area contributed by atoms with Crippen LogP contribution in [0.5, 0.6) is 11.5 Å². The first-order valence-corrected chi connectivity index (χ1v) is 14.0. The Morgan fingerprint density at radius 2 is 1.78 bits per heavy atom. The molecule has 1 amide bonds. The second kappa shape index (κ2) is 12.5. The number of hydrogen-bond donors (Lipinski definition) is 0. The van der Waals surface area contributed by atoms with Gasteiger partial charge in [-0.3, -0.25) is 23.6 Å². The normalized spacial score (nSPS) is 11.7. The molecule has 0 aliphatic rings. The van der Waals surface area contributed by atoms with Crippen molar-refractivity contribution in [2.75, 3.05) is 19.1 Å². The van der Waals surface area contributed by atoms with Gasteiger partial charge in [-0.1, -0.05) is 18.1 Å². The molecule has 0 unspecified atom stereocenters. The molecule has 5 aromatic rings. The molecule has 0 saturated heterocycles. The van der Waals surface area contributed by atoms with Gasteiger partial charge in [0.1, 0.15) is 29.5 Å². The number of halogens is 3. The van der Waals surface area contributed by atoms with Crippen LogP contribution in [0.1, 0.15) is 35.2 Å². The number of anilines is 1. The summed E-state index contributed by atoms with van der Waals surface area (Å²) in [6, 6.07) is 8.77. The van der Waals surface area contributed by atoms with E-state index in [1.54, 1.807) is 38.1 Å². The fraction of sp³-hybridized carbons (Fsp3) is 0.333. The van der Waals surface area contributed by atoms with E-state index in [1.165, 1.54) is 38.2 Å². The van der Waals surface area contributed by atoms with Crippen molar-refractivity contribution in [3.63, 3.8) is 0 Å². The average molecular weight is 642 g/mol. The highest BCUT2D eigenvalue weighted by atomic mass is 19.4. The van der Waals surface area contributed by atoms with Gasteiger partial charge < -0.3 is 18.6 Å². The van der Waals surface area contributed by atoms with E-state index in [-0.39, 0.29) is 36.5 Å². The molecule has 0 radical (unpaired) electrons. The van der Waals surface area contributed by atoms with Crippen molar-refractivity contribution in [3.05, 3.63) is 91.8 Å². The van der Waals surface area contributed by atoms with Crippen LogP contribution in [0.15, 0.2) is 56.8 Å². The summed E-state index contributed by atoms with van der Waals surface area (Å²) < 4.78 is 60.6. The molecule has 0 aliphatic carbocycles. The molecule has 4 aromatic heterocycles. The maximum atomic E-state index is 14.0. The SMILES string of the molecule is CCc1cc(N(Cc2ccc(OC)c(OC)c2)C(=O)Cn2cnc3c2c(=O)n(Cc2cc(C)on2)c(=O)n3C)nc(C(F)(F)F)c1. The van der Waals surface area contributed by atoms with Gasteiger partial charge in [0.2, 0.25) is 5.91 Å². The number of benzene rings is 1. The summed E-state index contributed by atoms with van der Waals surface area (Å²) in [6.45, 7) is 2.44. The van der Waals surface area contributed by atoms with Crippen LogP contribution in [0.2, 0.25) is 0 Å². The largest absolute Gasteiger partial charge is 0.493 e. The summed E-state index contributed by atoms with van der Waals surface area (Å²) in [4.78, 5) is 49.8. The van der Waals surface area contributed by atoms with Crippen molar-refractivity contribution in [1.29, 1.82) is 0 Å². The van der Waals surface area contributed by atoms with Crippen LogP contribution in [0, 0.1) is 6.92 Å². The first-order chi connectivity index (χ1) is 21.8. The maximum Gasteiger partial charge on any atom is 0.433 e. The molecule has 13 nitrogen and oxygen atoms in total. The van der Waals surface area contributed by atoms with Crippen molar-refractivity contribution in [3.8, 4) is 11.5 Å². The van der Waals surface area contributed by atoms with Crippen LogP contribution in [-0.4, -0.2) is 49.0 Å². The van der Waals surface area contributed by atoms with E-state index in [1.807, 2.05) is 0 Å². The number of methoxy groups -OCH3 is 2. The minimum absolute atomic E-state index is 0.0206. The minimum atomic E-state index is -4.77. The molecule has 1 aromatic carbocycles. The number of fused-ring (bicyclic) bond motifs is 1. The summed E-state index contributed by atoms with van der Waals surface area (Å²) >= 11 is 0. The smallest absolute Gasteiger partial charge is 0.433 e. The number of alkyl halides is 3. The van der Waals surface area contributed by atoms with Crippen LogP contribution in [0.4, 0.5) is 19.0 Å². The Kier molecular flexibility index (Phi) is 8.72. The van der Waals surface area contributed by atoms with Gasteiger partial charge in [-0.2, -0.15) is 13.2 Å². The number of carbonyl (C=O) groups excluding carboxylic acids is 1. The van der Waals surface area contributed by atoms with Gasteiger partial charge in [0.15, 0.2) is 22.7 Å². The minimum Gasteiger partial charge on any atom is -0.493 e. The Bertz CT molecular complexity index is 2040. The Morgan fingerprint density at radius 3 is 2.41 bits per heavy atom. The summed E-state index contributed by atoms with van der Waals surface area (Å²) in [6.07, 6.45) is -3.29. The third-order valence-electron chi connectivity index (χ3n) is 7.34. The summed E-state index contributed by atoms with van der Waals surface area (Å²) in [7, 11) is 4.31. The Hall–Kier alpha value is -5.41. The van der Waals surface area contributed by atoms with E-state index in [4.69, 9.17) is 14.0 Å². The van der Waals surface area contributed by atoms with Crippen LogP contribution < -0.4 is 25.6 Å². The summed E-state index contributed by atoms with van der Waals surface area (Å²) in [5, 5.41) is 3.85. The van der Waals surface area contributed by atoms with Crippen LogP contribution in [0.3, 0.4) is 0 Å². The summed E-state index contributed by atoms with van der Waals surface area (Å²) in [5.74, 6) is 0.322. The lowest BCUT2D eigenvalue weighted by Crippen LogP contribution is -2.40. The number of aromatic nitrogens is 6. The molecule has 0 saturated carbocycles. The van der Waals surface area contributed by atoms with Crippen LogP contribution in [-0.2, 0) is 44.1 Å². The number of rotatable bonds is 10. The summed E-state index contributed by atoms with van der Waals surface area (Å²) in [5.41, 5.74) is -1.43. The number of hydrogen-bond acceptors (Lipinski definition) is 9. The molecule has 0 aliphatic heterocycles. The molecule has 0 atom stereocenters. The Morgan fingerprint density at radius 1 is 1.04 bits per heavy atom. The van der Waals surface area contributed by atoms with E-state index < -0.39 is 35.6 Å². The predicted octanol–water partition coefficient (Wildman–Crippen LogP) is 3.47. The molecule has 16 heteroatoms. The van der Waals surface area contributed by atoms with Crippen molar-refractivity contribution >= 4 is 22.9 Å². The third kappa shape index (κ3) is 6.23. The lowest BCUT2D eigenvalue weighted by atomic mass is 10.1. The molecule has 0 N–H and O–H groups in total. The second-order valence-corrected chi connectivity index (χ2v) is 10.4. The second-order valence-electron chi connectivity index (χ2n) is 10.4. The quantitative estimate of drug-likeness (QED) is 0.224. The monoisotopic (exact) mass is 641 g/mol. The number of imidazole rings is 1. The standard InChI is InChI=1S/C30H30F3N7O6/c1-6-18-11-23(30(31,32)33)35-24(12-18)39(13-19-7-8-21(44-4)22(10-19)45-5)25(41)15-38-16-34-27-26(38)28(42)40(29(43)37(27)3)14-20-9-17(2)46-36-20/h7-12,16H,6,13-15H2,1-5H3. The van der Waals surface area contributed by atoms with E-state index >= 15 is 0 Å². The third-order valence-corrected chi connectivity index (χ3v) is 7.34. The van der Waals surface area contributed by atoms with E-state index in [9.17, 15) is 27.6 Å². The molecule has 5 rings (SSSR count). The number of nitrogens with zero attached hydrogens (tertiary/aromatic N) is 7.